The molecule has 0 aliphatic rings. The molecule has 1 atom stereocenters. The molecular formula is C7H4BrF4NO. The Morgan fingerprint density at radius 1 is 1.36 bits per heavy atom. The number of pyridine rings is 1. The van der Waals surface area contributed by atoms with Crippen molar-refractivity contribution in [3.63, 3.8) is 0 Å². The molecule has 78 valence electrons. The van der Waals surface area contributed by atoms with E-state index in [0.717, 1.165) is 12.3 Å². The molecule has 7 heteroatoms. The van der Waals surface area contributed by atoms with Gasteiger partial charge in [0.05, 0.1) is 0 Å². The first-order chi connectivity index (χ1) is 6.50. The third-order valence-electron chi connectivity index (χ3n) is 1.20. The van der Waals surface area contributed by atoms with Crippen LogP contribution in [0, 0.1) is 5.82 Å². The molecule has 0 saturated carbocycles. The van der Waals surface area contributed by atoms with Crippen molar-refractivity contribution in [3.8, 4) is 5.88 Å². The van der Waals surface area contributed by atoms with Crippen LogP contribution in [0.3, 0.4) is 0 Å². The second kappa shape index (κ2) is 4.59. The summed E-state index contributed by atoms with van der Waals surface area (Å²) in [6.45, 7) is 0. The van der Waals surface area contributed by atoms with Gasteiger partial charge in [-0.05, 0) is 22.0 Å². The fourth-order valence-electron chi connectivity index (χ4n) is 0.647. The van der Waals surface area contributed by atoms with Crippen LogP contribution in [0.5, 0.6) is 5.88 Å². The lowest BCUT2D eigenvalue weighted by Crippen LogP contribution is -2.20. The van der Waals surface area contributed by atoms with Gasteiger partial charge < -0.3 is 4.74 Å². The van der Waals surface area contributed by atoms with Crippen LogP contribution in [0.15, 0.2) is 16.7 Å². The molecule has 1 aromatic heterocycles. The number of hydrogen-bond acceptors (Lipinski definition) is 2. The highest BCUT2D eigenvalue weighted by Gasteiger charge is 2.22. The van der Waals surface area contributed by atoms with E-state index < -0.39 is 24.5 Å². The summed E-state index contributed by atoms with van der Waals surface area (Å²) >= 11 is 2.89. The van der Waals surface area contributed by atoms with Gasteiger partial charge in [0.25, 0.3) is 12.2 Å². The average molecular weight is 274 g/mol. The molecule has 0 bridgehead atoms. The molecular weight excluding hydrogens is 270 g/mol. The Hall–Kier alpha value is -0.850. The van der Waals surface area contributed by atoms with Gasteiger partial charge in [-0.2, -0.15) is 4.39 Å². The van der Waals surface area contributed by atoms with Gasteiger partial charge in [0.15, 0.2) is 5.82 Å². The molecule has 0 aliphatic carbocycles. The van der Waals surface area contributed by atoms with E-state index in [1.807, 2.05) is 0 Å². The number of ether oxygens (including phenoxy) is 1. The summed E-state index contributed by atoms with van der Waals surface area (Å²) in [5, 5.41) is 0. The molecule has 0 fully saturated rings. The van der Waals surface area contributed by atoms with E-state index in [-0.39, 0.29) is 0 Å². The zero-order chi connectivity index (χ0) is 10.7. The fourth-order valence-corrected chi connectivity index (χ4v) is 0.950. The molecule has 0 saturated heterocycles. The van der Waals surface area contributed by atoms with Crippen LogP contribution < -0.4 is 4.74 Å². The maximum atomic E-state index is 12.8. The lowest BCUT2D eigenvalue weighted by molar-refractivity contribution is -0.0707. The summed E-state index contributed by atoms with van der Waals surface area (Å²) in [6, 6.07) is 0.931. The Kier molecular flexibility index (Phi) is 3.68. The van der Waals surface area contributed by atoms with E-state index >= 15 is 0 Å². The van der Waals surface area contributed by atoms with E-state index in [2.05, 4.69) is 25.7 Å². The number of nitrogens with zero attached hydrogens (tertiary/aromatic N) is 1. The molecule has 0 aromatic carbocycles. The topological polar surface area (TPSA) is 22.1 Å². The Morgan fingerprint density at radius 2 is 2.00 bits per heavy atom. The SMILES string of the molecule is Fc1cc(Br)cnc1OC(F)C(F)F. The lowest BCUT2D eigenvalue weighted by Gasteiger charge is -2.09. The van der Waals surface area contributed by atoms with Gasteiger partial charge in [-0.25, -0.2) is 18.2 Å². The van der Waals surface area contributed by atoms with Crippen molar-refractivity contribution < 1.29 is 22.3 Å². The molecule has 0 radical (unpaired) electrons. The van der Waals surface area contributed by atoms with Gasteiger partial charge in [0, 0.05) is 10.7 Å². The Morgan fingerprint density at radius 3 is 2.50 bits per heavy atom. The zero-order valence-electron chi connectivity index (χ0n) is 6.55. The molecule has 1 unspecified atom stereocenters. The molecule has 14 heavy (non-hydrogen) atoms. The van der Waals surface area contributed by atoms with E-state index in [1.54, 1.807) is 0 Å². The first kappa shape index (κ1) is 11.2. The average Bonchev–Trinajstić information content (AvgIpc) is 2.09. The van der Waals surface area contributed by atoms with Crippen LogP contribution in [0.4, 0.5) is 17.6 Å². The third kappa shape index (κ3) is 2.83. The van der Waals surface area contributed by atoms with E-state index in [0.29, 0.717) is 4.47 Å². The zero-order valence-corrected chi connectivity index (χ0v) is 8.14. The summed E-state index contributed by atoms with van der Waals surface area (Å²) in [6.07, 6.45) is -5.10. The number of alkyl halides is 3. The van der Waals surface area contributed by atoms with Crippen LogP contribution in [0.1, 0.15) is 0 Å². The first-order valence-electron chi connectivity index (χ1n) is 3.40. The van der Waals surface area contributed by atoms with Crippen molar-refractivity contribution in [3.05, 3.63) is 22.6 Å². The summed E-state index contributed by atoms with van der Waals surface area (Å²) < 4.78 is 52.7. The van der Waals surface area contributed by atoms with Crippen LogP contribution in [0.2, 0.25) is 0 Å². The Bertz CT molecular complexity index is 323. The van der Waals surface area contributed by atoms with Crippen molar-refractivity contribution in [2.45, 2.75) is 12.8 Å². The van der Waals surface area contributed by atoms with Crippen molar-refractivity contribution in [1.29, 1.82) is 0 Å². The van der Waals surface area contributed by atoms with Crippen LogP contribution in [-0.2, 0) is 0 Å². The summed E-state index contributed by atoms with van der Waals surface area (Å²) in [5.41, 5.74) is 0. The highest BCUT2D eigenvalue weighted by atomic mass is 79.9. The first-order valence-corrected chi connectivity index (χ1v) is 4.20. The minimum Gasteiger partial charge on any atom is -0.435 e. The third-order valence-corrected chi connectivity index (χ3v) is 1.63. The fraction of sp³-hybridized carbons (Fsp3) is 0.286. The van der Waals surface area contributed by atoms with Crippen molar-refractivity contribution in [1.82, 2.24) is 4.98 Å². The van der Waals surface area contributed by atoms with E-state index in [1.165, 1.54) is 0 Å². The molecule has 0 amide bonds. The monoisotopic (exact) mass is 273 g/mol. The molecule has 0 aliphatic heterocycles. The van der Waals surface area contributed by atoms with E-state index in [9.17, 15) is 17.6 Å². The van der Waals surface area contributed by atoms with Crippen LogP contribution in [0.25, 0.3) is 0 Å². The summed E-state index contributed by atoms with van der Waals surface area (Å²) in [7, 11) is 0. The van der Waals surface area contributed by atoms with Gasteiger partial charge in [-0.3, -0.25) is 0 Å². The van der Waals surface area contributed by atoms with Crippen LogP contribution >= 0.6 is 15.9 Å². The maximum Gasteiger partial charge on any atom is 0.304 e. The summed E-state index contributed by atoms with van der Waals surface area (Å²) in [5.74, 6) is -1.80. The highest BCUT2D eigenvalue weighted by Crippen LogP contribution is 2.20. The predicted octanol–water partition coefficient (Wildman–Crippen LogP) is 2.92. The Labute approximate surface area is 85.0 Å². The van der Waals surface area contributed by atoms with Gasteiger partial charge in [-0.15, -0.1) is 0 Å². The molecule has 1 heterocycles. The van der Waals surface area contributed by atoms with Gasteiger partial charge in [0.1, 0.15) is 0 Å². The largest absolute Gasteiger partial charge is 0.435 e. The van der Waals surface area contributed by atoms with Crippen molar-refractivity contribution >= 4 is 15.9 Å². The summed E-state index contributed by atoms with van der Waals surface area (Å²) in [4.78, 5) is 3.28. The standard InChI is InChI=1S/C7H4BrF4NO/c8-3-1-4(9)7(13-2-3)14-6(12)5(10)11/h1-2,5-6H. The lowest BCUT2D eigenvalue weighted by atomic mass is 10.5. The molecule has 0 N–H and O–H groups in total. The highest BCUT2D eigenvalue weighted by molar-refractivity contribution is 9.10. The molecule has 1 aromatic rings. The minimum absolute atomic E-state index is 0.301. The van der Waals surface area contributed by atoms with E-state index in [4.69, 9.17) is 0 Å². The van der Waals surface area contributed by atoms with Gasteiger partial charge in [0.2, 0.25) is 0 Å². The number of aromatic nitrogens is 1. The quantitative estimate of drug-likeness (QED) is 0.790. The predicted molar refractivity (Wildman–Crippen MR) is 43.4 cm³/mol. The minimum atomic E-state index is -3.33. The second-order valence-electron chi connectivity index (χ2n) is 2.24. The maximum absolute atomic E-state index is 12.8. The van der Waals surface area contributed by atoms with Gasteiger partial charge >= 0.3 is 6.43 Å². The normalized spacial score (nSPS) is 13.0. The Balaban J connectivity index is 2.77. The van der Waals surface area contributed by atoms with Gasteiger partial charge in [-0.1, -0.05) is 0 Å². The number of hydrogen-bond donors (Lipinski definition) is 0. The molecule has 0 spiro atoms. The van der Waals surface area contributed by atoms with Crippen molar-refractivity contribution in [2.75, 3.05) is 0 Å². The number of rotatable bonds is 3. The molecule has 1 rings (SSSR count). The number of halogens is 5. The second-order valence-corrected chi connectivity index (χ2v) is 3.16. The van der Waals surface area contributed by atoms with Crippen molar-refractivity contribution in [2.24, 2.45) is 0 Å². The van der Waals surface area contributed by atoms with Crippen LogP contribution in [-0.4, -0.2) is 17.8 Å². The molecule has 2 nitrogen and oxygen atoms in total. The smallest absolute Gasteiger partial charge is 0.304 e.